The summed E-state index contributed by atoms with van der Waals surface area (Å²) in [7, 11) is 0. The lowest BCUT2D eigenvalue weighted by molar-refractivity contribution is -0.255. The first-order chi connectivity index (χ1) is 11.6. The maximum Gasteiger partial charge on any atom is 0.234 e. The third kappa shape index (κ3) is 3.69. The lowest BCUT2D eigenvalue weighted by Gasteiger charge is -2.08. The van der Waals surface area contributed by atoms with E-state index in [0.717, 1.165) is 10.8 Å². The number of aromatic carboxylic acids is 1. The number of nitrogens with one attached hydrogen (secondary N) is 1. The Balaban J connectivity index is 1.67. The van der Waals surface area contributed by atoms with Crippen molar-refractivity contribution in [1.29, 1.82) is 0 Å². The first kappa shape index (κ1) is 15.9. The Kier molecular flexibility index (Phi) is 4.72. The summed E-state index contributed by atoms with van der Waals surface area (Å²) in [6.07, 6.45) is 1.67. The lowest BCUT2D eigenvalue weighted by Crippen LogP contribution is -2.22. The zero-order valence-electron chi connectivity index (χ0n) is 12.4. The Bertz CT molecular complexity index is 909. The number of carboxylic acid groups (broad SMARTS) is 1. The minimum atomic E-state index is -1.29. The van der Waals surface area contributed by atoms with Crippen LogP contribution in [0.2, 0.25) is 0 Å². The van der Waals surface area contributed by atoms with Crippen LogP contribution in [0.4, 0.5) is 5.69 Å². The van der Waals surface area contributed by atoms with Crippen LogP contribution < -0.4 is 10.4 Å². The molecule has 0 radical (unpaired) electrons. The van der Waals surface area contributed by atoms with Gasteiger partial charge in [0.2, 0.25) is 5.91 Å². The van der Waals surface area contributed by atoms with Gasteiger partial charge in [-0.3, -0.25) is 4.79 Å². The van der Waals surface area contributed by atoms with E-state index in [9.17, 15) is 14.7 Å². The smallest absolute Gasteiger partial charge is 0.234 e. The van der Waals surface area contributed by atoms with Crippen molar-refractivity contribution in [3.8, 4) is 0 Å². The average Bonchev–Trinajstić information content (AvgIpc) is 2.60. The monoisotopic (exact) mass is 338 g/mol. The van der Waals surface area contributed by atoms with Crippen molar-refractivity contribution in [2.75, 3.05) is 11.1 Å². The van der Waals surface area contributed by atoms with Crippen molar-refractivity contribution in [3.63, 3.8) is 0 Å². The first-order valence-electron chi connectivity index (χ1n) is 7.08. The molecule has 0 atom stereocenters. The Morgan fingerprint density at radius 3 is 2.79 bits per heavy atom. The molecule has 1 amide bonds. The summed E-state index contributed by atoms with van der Waals surface area (Å²) in [4.78, 5) is 22.9. The average molecular weight is 338 g/mol. The van der Waals surface area contributed by atoms with Crippen LogP contribution in [0.5, 0.6) is 0 Å². The van der Waals surface area contributed by atoms with E-state index in [4.69, 9.17) is 0 Å². The zero-order chi connectivity index (χ0) is 16.9. The van der Waals surface area contributed by atoms with Crippen LogP contribution >= 0.6 is 11.8 Å². The topological polar surface area (TPSA) is 95.0 Å². The minimum absolute atomic E-state index is 0.0142. The molecule has 0 saturated carbocycles. The molecule has 0 aliphatic rings. The SMILES string of the molecule is O=C(CSc1nncc2ccccc12)Nc1cccc(C(=O)[O-])c1. The van der Waals surface area contributed by atoms with Crippen LogP contribution in [0.25, 0.3) is 10.8 Å². The molecular weight excluding hydrogens is 326 g/mol. The number of nitrogens with zero attached hydrogens (tertiary/aromatic N) is 2. The number of carbonyl (C=O) groups excluding carboxylic acids is 2. The number of hydrogen-bond acceptors (Lipinski definition) is 6. The molecule has 1 N–H and O–H groups in total. The Morgan fingerprint density at radius 1 is 1.12 bits per heavy atom. The molecule has 0 bridgehead atoms. The van der Waals surface area contributed by atoms with Crippen LogP contribution in [0.1, 0.15) is 10.4 Å². The number of carbonyl (C=O) groups is 2. The molecule has 0 aliphatic carbocycles. The van der Waals surface area contributed by atoms with Gasteiger partial charge < -0.3 is 15.2 Å². The van der Waals surface area contributed by atoms with Gasteiger partial charge in [0.05, 0.1) is 17.9 Å². The van der Waals surface area contributed by atoms with Crippen molar-refractivity contribution in [2.24, 2.45) is 0 Å². The number of anilines is 1. The van der Waals surface area contributed by atoms with Gasteiger partial charge in [0.1, 0.15) is 5.03 Å². The van der Waals surface area contributed by atoms with Gasteiger partial charge in [0, 0.05) is 16.5 Å². The summed E-state index contributed by atoms with van der Waals surface area (Å²) >= 11 is 1.27. The standard InChI is InChI=1S/C17H13N3O3S/c21-15(19-13-6-3-5-11(8-13)17(22)23)10-24-16-14-7-2-1-4-12(14)9-18-20-16/h1-9H,10H2,(H,19,21)(H,22,23)/p-1. The molecular formula is C17H12N3O3S-. The minimum Gasteiger partial charge on any atom is -0.545 e. The molecule has 1 heterocycles. The van der Waals surface area contributed by atoms with E-state index < -0.39 is 5.97 Å². The molecule has 120 valence electrons. The fourth-order valence-electron chi connectivity index (χ4n) is 2.16. The third-order valence-corrected chi connectivity index (χ3v) is 4.24. The Hall–Kier alpha value is -2.93. The van der Waals surface area contributed by atoms with Gasteiger partial charge in [-0.1, -0.05) is 48.2 Å². The zero-order valence-corrected chi connectivity index (χ0v) is 13.2. The van der Waals surface area contributed by atoms with E-state index in [-0.39, 0.29) is 17.2 Å². The predicted octanol–water partition coefficient (Wildman–Crippen LogP) is 1.72. The molecule has 0 unspecified atom stereocenters. The number of amides is 1. The summed E-state index contributed by atoms with van der Waals surface area (Å²) < 4.78 is 0. The van der Waals surface area contributed by atoms with Crippen LogP contribution in [0.15, 0.2) is 59.8 Å². The predicted molar refractivity (Wildman–Crippen MR) is 89.7 cm³/mol. The summed E-state index contributed by atoms with van der Waals surface area (Å²) in [6, 6.07) is 13.6. The lowest BCUT2D eigenvalue weighted by atomic mass is 10.2. The molecule has 2 aromatic carbocycles. The van der Waals surface area contributed by atoms with E-state index >= 15 is 0 Å². The number of rotatable bonds is 5. The van der Waals surface area contributed by atoms with E-state index in [1.807, 2.05) is 24.3 Å². The van der Waals surface area contributed by atoms with Crippen LogP contribution in [0.3, 0.4) is 0 Å². The molecule has 6 nitrogen and oxygen atoms in total. The largest absolute Gasteiger partial charge is 0.545 e. The second kappa shape index (κ2) is 7.10. The number of fused-ring (bicyclic) bond motifs is 1. The first-order valence-corrected chi connectivity index (χ1v) is 8.06. The van der Waals surface area contributed by atoms with Gasteiger partial charge in [-0.15, -0.1) is 5.10 Å². The van der Waals surface area contributed by atoms with E-state index in [2.05, 4.69) is 15.5 Å². The van der Waals surface area contributed by atoms with Gasteiger partial charge in [-0.2, -0.15) is 5.10 Å². The van der Waals surface area contributed by atoms with Crippen molar-refractivity contribution >= 4 is 40.1 Å². The Labute approximate surface area is 141 Å². The van der Waals surface area contributed by atoms with Crippen LogP contribution in [0, 0.1) is 0 Å². The maximum atomic E-state index is 12.1. The van der Waals surface area contributed by atoms with Crippen molar-refractivity contribution < 1.29 is 14.7 Å². The quantitative estimate of drug-likeness (QED) is 0.712. The highest BCUT2D eigenvalue weighted by Crippen LogP contribution is 2.24. The summed E-state index contributed by atoms with van der Waals surface area (Å²) in [6.45, 7) is 0. The molecule has 1 aromatic heterocycles. The normalized spacial score (nSPS) is 10.5. The summed E-state index contributed by atoms with van der Waals surface area (Å²) in [5, 5.41) is 24.1. The Morgan fingerprint density at radius 2 is 1.96 bits per heavy atom. The van der Waals surface area contributed by atoms with Gasteiger partial charge in [-0.25, -0.2) is 0 Å². The number of thioether (sulfide) groups is 1. The molecule has 3 rings (SSSR count). The highest BCUT2D eigenvalue weighted by Gasteiger charge is 2.08. The number of aromatic nitrogens is 2. The van der Waals surface area contributed by atoms with Crippen molar-refractivity contribution in [1.82, 2.24) is 10.2 Å². The second-order valence-corrected chi connectivity index (χ2v) is 5.91. The van der Waals surface area contributed by atoms with Crippen LogP contribution in [-0.4, -0.2) is 27.8 Å². The van der Waals surface area contributed by atoms with Crippen molar-refractivity contribution in [2.45, 2.75) is 5.03 Å². The summed E-state index contributed by atoms with van der Waals surface area (Å²) in [5.74, 6) is -1.41. The number of benzene rings is 2. The number of carboxylic acids is 1. The van der Waals surface area contributed by atoms with E-state index in [1.165, 1.54) is 23.9 Å². The fourth-order valence-corrected chi connectivity index (χ4v) is 2.95. The van der Waals surface area contributed by atoms with Gasteiger partial charge >= 0.3 is 0 Å². The fraction of sp³-hybridized carbons (Fsp3) is 0.0588. The van der Waals surface area contributed by atoms with Gasteiger partial charge in [0.15, 0.2) is 0 Å². The van der Waals surface area contributed by atoms with Gasteiger partial charge in [0.25, 0.3) is 0 Å². The molecule has 0 aliphatic heterocycles. The van der Waals surface area contributed by atoms with Crippen molar-refractivity contribution in [3.05, 3.63) is 60.3 Å². The molecule has 24 heavy (non-hydrogen) atoms. The van der Waals surface area contributed by atoms with E-state index in [0.29, 0.717) is 10.7 Å². The molecule has 0 saturated heterocycles. The number of hydrogen-bond donors (Lipinski definition) is 1. The molecule has 3 aromatic rings. The molecule has 0 fully saturated rings. The maximum absolute atomic E-state index is 12.1. The van der Waals surface area contributed by atoms with Gasteiger partial charge in [-0.05, 0) is 17.7 Å². The van der Waals surface area contributed by atoms with E-state index in [1.54, 1.807) is 18.3 Å². The summed E-state index contributed by atoms with van der Waals surface area (Å²) in [5.41, 5.74) is 0.423. The second-order valence-electron chi connectivity index (χ2n) is 4.94. The highest BCUT2D eigenvalue weighted by molar-refractivity contribution is 8.00. The third-order valence-electron chi connectivity index (χ3n) is 3.26. The highest BCUT2D eigenvalue weighted by atomic mass is 32.2. The molecule has 0 spiro atoms. The molecule has 7 heteroatoms. The van der Waals surface area contributed by atoms with Crippen LogP contribution in [-0.2, 0) is 4.79 Å².